The van der Waals surface area contributed by atoms with E-state index >= 15 is 0 Å². The van der Waals surface area contributed by atoms with Crippen molar-refractivity contribution < 1.29 is 9.90 Å². The molecule has 0 amide bonds. The van der Waals surface area contributed by atoms with Gasteiger partial charge in [-0.3, -0.25) is 4.79 Å². The third kappa shape index (κ3) is 3.32. The smallest absolute Gasteiger partial charge is 0.303 e. The van der Waals surface area contributed by atoms with Crippen molar-refractivity contribution in [2.45, 2.75) is 32.7 Å². The first-order valence-electron chi connectivity index (χ1n) is 5.16. The van der Waals surface area contributed by atoms with Crippen LogP contribution in [0.5, 0.6) is 0 Å². The van der Waals surface area contributed by atoms with Gasteiger partial charge in [0.05, 0.1) is 0 Å². The summed E-state index contributed by atoms with van der Waals surface area (Å²) < 4.78 is 1.02. The fourth-order valence-corrected chi connectivity index (χ4v) is 2.08. The normalized spacial score (nSPS) is 12.5. The third-order valence-electron chi connectivity index (χ3n) is 2.72. The minimum Gasteiger partial charge on any atom is -0.481 e. The van der Waals surface area contributed by atoms with Gasteiger partial charge in [-0.25, -0.2) is 0 Å². The molecular formula is C12H16BrNO2. The van der Waals surface area contributed by atoms with Gasteiger partial charge in [0.15, 0.2) is 0 Å². The van der Waals surface area contributed by atoms with E-state index in [1.54, 1.807) is 0 Å². The largest absolute Gasteiger partial charge is 0.481 e. The second-order valence-electron chi connectivity index (χ2n) is 3.98. The number of hydrogen-bond acceptors (Lipinski definition) is 2. The summed E-state index contributed by atoms with van der Waals surface area (Å²) in [6.07, 6.45) is 0.565. The molecule has 0 saturated heterocycles. The van der Waals surface area contributed by atoms with Gasteiger partial charge in [-0.05, 0) is 43.0 Å². The zero-order chi connectivity index (χ0) is 12.3. The standard InChI is InChI=1S/C12H16BrNO2/c1-7-5-9(6-10(13)8(7)2)11(14)3-4-12(15)16/h5-6,11H,3-4,14H2,1-2H3,(H,15,16). The molecule has 1 aromatic rings. The number of halogens is 1. The summed E-state index contributed by atoms with van der Waals surface area (Å²) in [6, 6.07) is 3.77. The number of carboxylic acids is 1. The Bertz CT molecular complexity index is 381. The van der Waals surface area contributed by atoms with E-state index < -0.39 is 5.97 Å². The highest BCUT2D eigenvalue weighted by Crippen LogP contribution is 2.26. The maximum Gasteiger partial charge on any atom is 0.303 e. The van der Waals surface area contributed by atoms with Crippen molar-refractivity contribution in [3.63, 3.8) is 0 Å². The molecule has 0 spiro atoms. The van der Waals surface area contributed by atoms with Crippen molar-refractivity contribution in [2.24, 2.45) is 5.73 Å². The first-order valence-corrected chi connectivity index (χ1v) is 5.95. The third-order valence-corrected chi connectivity index (χ3v) is 3.55. The van der Waals surface area contributed by atoms with Crippen molar-refractivity contribution in [1.29, 1.82) is 0 Å². The topological polar surface area (TPSA) is 63.3 Å². The Hall–Kier alpha value is -0.870. The minimum atomic E-state index is -0.807. The van der Waals surface area contributed by atoms with E-state index in [4.69, 9.17) is 10.8 Å². The molecule has 1 unspecified atom stereocenters. The summed E-state index contributed by atoms with van der Waals surface area (Å²) in [6.45, 7) is 4.06. The molecule has 4 heteroatoms. The van der Waals surface area contributed by atoms with E-state index in [9.17, 15) is 4.79 Å². The number of rotatable bonds is 4. The molecule has 88 valence electrons. The highest BCUT2D eigenvalue weighted by Gasteiger charge is 2.11. The van der Waals surface area contributed by atoms with Gasteiger partial charge in [0, 0.05) is 16.9 Å². The summed E-state index contributed by atoms with van der Waals surface area (Å²) in [7, 11) is 0. The molecule has 3 nitrogen and oxygen atoms in total. The van der Waals surface area contributed by atoms with Crippen LogP contribution in [0.1, 0.15) is 35.6 Å². The van der Waals surface area contributed by atoms with Gasteiger partial charge in [-0.1, -0.05) is 22.0 Å². The lowest BCUT2D eigenvalue weighted by Gasteiger charge is -2.14. The molecule has 0 radical (unpaired) electrons. The average Bonchev–Trinajstić information content (AvgIpc) is 2.21. The van der Waals surface area contributed by atoms with Crippen molar-refractivity contribution in [3.8, 4) is 0 Å². The van der Waals surface area contributed by atoms with Crippen LogP contribution >= 0.6 is 15.9 Å². The lowest BCUT2D eigenvalue weighted by Crippen LogP contribution is -2.12. The van der Waals surface area contributed by atoms with Crippen LogP contribution in [0.3, 0.4) is 0 Å². The fraction of sp³-hybridized carbons (Fsp3) is 0.417. The van der Waals surface area contributed by atoms with Crippen molar-refractivity contribution in [2.75, 3.05) is 0 Å². The van der Waals surface area contributed by atoms with Crippen molar-refractivity contribution in [3.05, 3.63) is 33.3 Å². The average molecular weight is 286 g/mol. The molecule has 1 aromatic carbocycles. The Kier molecular flexibility index (Phi) is 4.50. The summed E-state index contributed by atoms with van der Waals surface area (Å²) >= 11 is 3.47. The number of carboxylic acid groups (broad SMARTS) is 1. The van der Waals surface area contributed by atoms with Crippen LogP contribution in [0.25, 0.3) is 0 Å². The molecule has 0 saturated carbocycles. The lowest BCUT2D eigenvalue weighted by molar-refractivity contribution is -0.137. The van der Waals surface area contributed by atoms with Gasteiger partial charge in [-0.2, -0.15) is 0 Å². The molecular weight excluding hydrogens is 270 g/mol. The van der Waals surface area contributed by atoms with Crippen LogP contribution < -0.4 is 5.73 Å². The second kappa shape index (κ2) is 5.46. The van der Waals surface area contributed by atoms with Crippen LogP contribution in [0.4, 0.5) is 0 Å². The van der Waals surface area contributed by atoms with Crippen LogP contribution in [0.15, 0.2) is 16.6 Å². The Balaban J connectivity index is 2.84. The van der Waals surface area contributed by atoms with E-state index in [2.05, 4.69) is 15.9 Å². The van der Waals surface area contributed by atoms with Gasteiger partial charge < -0.3 is 10.8 Å². The molecule has 0 bridgehead atoms. The number of carbonyl (C=O) groups is 1. The quantitative estimate of drug-likeness (QED) is 0.894. The van der Waals surface area contributed by atoms with Crippen LogP contribution in [-0.4, -0.2) is 11.1 Å². The molecule has 3 N–H and O–H groups in total. The van der Waals surface area contributed by atoms with Gasteiger partial charge in [0.25, 0.3) is 0 Å². The summed E-state index contributed by atoms with van der Waals surface area (Å²) in [5, 5.41) is 8.60. The maximum absolute atomic E-state index is 10.5. The SMILES string of the molecule is Cc1cc(C(N)CCC(=O)O)cc(Br)c1C. The lowest BCUT2D eigenvalue weighted by atomic mass is 9.98. The summed E-state index contributed by atoms with van der Waals surface area (Å²) in [5.74, 6) is -0.807. The highest BCUT2D eigenvalue weighted by atomic mass is 79.9. The molecule has 0 aliphatic rings. The van der Waals surface area contributed by atoms with Gasteiger partial charge in [0.2, 0.25) is 0 Å². The van der Waals surface area contributed by atoms with E-state index in [1.807, 2.05) is 26.0 Å². The maximum atomic E-state index is 10.5. The molecule has 0 aliphatic carbocycles. The molecule has 0 aliphatic heterocycles. The predicted molar refractivity (Wildman–Crippen MR) is 67.4 cm³/mol. The molecule has 1 rings (SSSR count). The Morgan fingerprint density at radius 1 is 1.50 bits per heavy atom. The predicted octanol–water partition coefficient (Wildman–Crippen LogP) is 2.93. The van der Waals surface area contributed by atoms with E-state index in [0.717, 1.165) is 15.6 Å². The van der Waals surface area contributed by atoms with Crippen LogP contribution in [-0.2, 0) is 4.79 Å². The number of benzene rings is 1. The second-order valence-corrected chi connectivity index (χ2v) is 4.84. The Morgan fingerprint density at radius 3 is 2.62 bits per heavy atom. The summed E-state index contributed by atoms with van der Waals surface area (Å²) in [4.78, 5) is 10.5. The zero-order valence-corrected chi connectivity index (χ0v) is 11.0. The first kappa shape index (κ1) is 13.2. The van der Waals surface area contributed by atoms with Crippen molar-refractivity contribution >= 4 is 21.9 Å². The molecule has 0 aromatic heterocycles. The monoisotopic (exact) mass is 285 g/mol. The number of aryl methyl sites for hydroxylation is 1. The fourth-order valence-electron chi connectivity index (χ4n) is 1.50. The Morgan fingerprint density at radius 2 is 2.12 bits per heavy atom. The van der Waals surface area contributed by atoms with Crippen molar-refractivity contribution in [1.82, 2.24) is 0 Å². The molecule has 0 fully saturated rings. The number of nitrogens with two attached hydrogens (primary N) is 1. The van der Waals surface area contributed by atoms with Gasteiger partial charge in [-0.15, -0.1) is 0 Å². The number of aliphatic carboxylic acids is 1. The van der Waals surface area contributed by atoms with Gasteiger partial charge >= 0.3 is 5.97 Å². The van der Waals surface area contributed by atoms with E-state index in [0.29, 0.717) is 6.42 Å². The van der Waals surface area contributed by atoms with Crippen LogP contribution in [0, 0.1) is 13.8 Å². The number of hydrogen-bond donors (Lipinski definition) is 2. The minimum absolute atomic E-state index is 0.103. The first-order chi connectivity index (χ1) is 7.41. The molecule has 16 heavy (non-hydrogen) atoms. The highest BCUT2D eigenvalue weighted by molar-refractivity contribution is 9.10. The zero-order valence-electron chi connectivity index (χ0n) is 9.46. The Labute approximate surface area is 104 Å². The molecule has 0 heterocycles. The molecule has 1 atom stereocenters. The van der Waals surface area contributed by atoms with Gasteiger partial charge in [0.1, 0.15) is 0 Å². The van der Waals surface area contributed by atoms with E-state index in [-0.39, 0.29) is 12.5 Å². The van der Waals surface area contributed by atoms with Crippen LogP contribution in [0.2, 0.25) is 0 Å². The van der Waals surface area contributed by atoms with E-state index in [1.165, 1.54) is 5.56 Å². The summed E-state index contributed by atoms with van der Waals surface area (Å²) in [5.41, 5.74) is 9.28.